The van der Waals surface area contributed by atoms with Gasteiger partial charge in [-0.15, -0.1) is 0 Å². The topological polar surface area (TPSA) is 21.3 Å². The Hall–Kier alpha value is -1.67. The highest BCUT2D eigenvalue weighted by atomic mass is 35.5. The van der Waals surface area contributed by atoms with Crippen molar-refractivity contribution in [1.82, 2.24) is 0 Å². The highest BCUT2D eigenvalue weighted by Crippen LogP contribution is 2.39. The van der Waals surface area contributed by atoms with Crippen LogP contribution in [-0.2, 0) is 6.42 Å². The van der Waals surface area contributed by atoms with E-state index in [1.165, 1.54) is 11.1 Å². The molecule has 1 heterocycles. The van der Waals surface area contributed by atoms with Gasteiger partial charge in [-0.25, -0.2) is 0 Å². The number of anilines is 1. The summed E-state index contributed by atoms with van der Waals surface area (Å²) in [6, 6.07) is 14.5. The second-order valence-electron chi connectivity index (χ2n) is 5.94. The molecule has 0 bridgehead atoms. The van der Waals surface area contributed by atoms with Crippen molar-refractivity contribution < 1.29 is 4.74 Å². The molecular formula is C18H20ClNO. The lowest BCUT2D eigenvalue weighted by Crippen LogP contribution is -2.23. The molecule has 1 aliphatic heterocycles. The van der Waals surface area contributed by atoms with Gasteiger partial charge in [-0.3, -0.25) is 0 Å². The second kappa shape index (κ2) is 5.98. The van der Waals surface area contributed by atoms with E-state index < -0.39 is 0 Å². The van der Waals surface area contributed by atoms with Crippen molar-refractivity contribution in [2.75, 3.05) is 11.9 Å². The Labute approximate surface area is 131 Å². The summed E-state index contributed by atoms with van der Waals surface area (Å²) in [6.07, 6.45) is 1.11. The lowest BCUT2D eigenvalue weighted by molar-refractivity contribution is 0.210. The van der Waals surface area contributed by atoms with Crippen LogP contribution in [0.4, 0.5) is 5.69 Å². The molecule has 1 N–H and O–H groups in total. The smallest absolute Gasteiger partial charge is 0.161 e. The van der Waals surface area contributed by atoms with Gasteiger partial charge in [-0.1, -0.05) is 55.8 Å². The number of hydrogen-bond acceptors (Lipinski definition) is 2. The van der Waals surface area contributed by atoms with Crippen molar-refractivity contribution in [2.45, 2.75) is 26.4 Å². The van der Waals surface area contributed by atoms with Gasteiger partial charge in [-0.05, 0) is 35.6 Å². The van der Waals surface area contributed by atoms with Crippen molar-refractivity contribution in [1.29, 1.82) is 0 Å². The molecule has 0 spiro atoms. The maximum Gasteiger partial charge on any atom is 0.161 e. The number of fused-ring (bicyclic) bond motifs is 1. The Balaban J connectivity index is 1.78. The summed E-state index contributed by atoms with van der Waals surface area (Å²) in [4.78, 5) is 0. The molecule has 0 saturated carbocycles. The van der Waals surface area contributed by atoms with Gasteiger partial charge in [0.05, 0.1) is 17.3 Å². The standard InChI is InChI=1S/C18H20ClNO/c1-12(2)10-13-6-8-14(9-7-13)17-11-20-16-5-3-4-15(19)18(16)21-17/h3-9,12,17,20H,10-11H2,1-2H3. The summed E-state index contributed by atoms with van der Waals surface area (Å²) in [5.74, 6) is 1.43. The summed E-state index contributed by atoms with van der Waals surface area (Å²) < 4.78 is 6.08. The molecule has 2 aromatic rings. The van der Waals surface area contributed by atoms with Gasteiger partial charge in [0, 0.05) is 0 Å². The third kappa shape index (κ3) is 3.16. The van der Waals surface area contributed by atoms with Gasteiger partial charge in [0.1, 0.15) is 6.10 Å². The van der Waals surface area contributed by atoms with Crippen LogP contribution in [0.2, 0.25) is 5.02 Å². The lowest BCUT2D eigenvalue weighted by Gasteiger charge is -2.28. The Morgan fingerprint density at radius 3 is 2.67 bits per heavy atom. The summed E-state index contributed by atoms with van der Waals surface area (Å²) in [5.41, 5.74) is 3.52. The molecule has 0 amide bonds. The largest absolute Gasteiger partial charge is 0.480 e. The molecule has 1 aliphatic rings. The predicted molar refractivity (Wildman–Crippen MR) is 88.3 cm³/mol. The molecule has 2 aromatic carbocycles. The lowest BCUT2D eigenvalue weighted by atomic mass is 10.00. The highest BCUT2D eigenvalue weighted by molar-refractivity contribution is 6.32. The van der Waals surface area contributed by atoms with E-state index in [0.717, 1.165) is 24.4 Å². The fourth-order valence-corrected chi connectivity index (χ4v) is 2.90. The first kappa shape index (κ1) is 14.3. The molecule has 110 valence electrons. The van der Waals surface area contributed by atoms with Crippen molar-refractivity contribution in [3.63, 3.8) is 0 Å². The molecule has 1 atom stereocenters. The minimum absolute atomic E-state index is 0.00509. The number of para-hydroxylation sites is 1. The molecule has 21 heavy (non-hydrogen) atoms. The van der Waals surface area contributed by atoms with Gasteiger partial charge < -0.3 is 10.1 Å². The van der Waals surface area contributed by atoms with E-state index >= 15 is 0 Å². The average Bonchev–Trinajstić information content (AvgIpc) is 2.48. The van der Waals surface area contributed by atoms with E-state index in [2.05, 4.69) is 43.4 Å². The number of ether oxygens (including phenoxy) is 1. The molecule has 0 aliphatic carbocycles. The fourth-order valence-electron chi connectivity index (χ4n) is 2.68. The van der Waals surface area contributed by atoms with Crippen LogP contribution in [-0.4, -0.2) is 6.54 Å². The number of rotatable bonds is 3. The zero-order valence-electron chi connectivity index (χ0n) is 12.4. The van der Waals surface area contributed by atoms with Crippen LogP contribution in [0.25, 0.3) is 0 Å². The number of nitrogens with one attached hydrogen (secondary N) is 1. The van der Waals surface area contributed by atoms with E-state index in [-0.39, 0.29) is 6.10 Å². The van der Waals surface area contributed by atoms with Crippen LogP contribution in [0.1, 0.15) is 31.1 Å². The van der Waals surface area contributed by atoms with E-state index in [1.54, 1.807) is 0 Å². The Morgan fingerprint density at radius 2 is 1.95 bits per heavy atom. The first-order valence-electron chi connectivity index (χ1n) is 7.41. The summed E-state index contributed by atoms with van der Waals surface area (Å²) in [5, 5.41) is 4.04. The summed E-state index contributed by atoms with van der Waals surface area (Å²) in [7, 11) is 0. The minimum atomic E-state index is 0.00509. The van der Waals surface area contributed by atoms with Gasteiger partial charge in [0.2, 0.25) is 0 Å². The minimum Gasteiger partial charge on any atom is -0.480 e. The maximum absolute atomic E-state index is 6.21. The molecular weight excluding hydrogens is 282 g/mol. The molecule has 0 saturated heterocycles. The molecule has 0 radical (unpaired) electrons. The van der Waals surface area contributed by atoms with Gasteiger partial charge in [-0.2, -0.15) is 0 Å². The maximum atomic E-state index is 6.21. The van der Waals surface area contributed by atoms with Crippen molar-refractivity contribution in [2.24, 2.45) is 5.92 Å². The zero-order valence-corrected chi connectivity index (χ0v) is 13.2. The quantitative estimate of drug-likeness (QED) is 0.853. The van der Waals surface area contributed by atoms with Crippen LogP contribution >= 0.6 is 11.6 Å². The predicted octanol–water partition coefficient (Wildman–Crippen LogP) is 5.08. The first-order chi connectivity index (χ1) is 10.1. The Kier molecular flexibility index (Phi) is 4.07. The van der Waals surface area contributed by atoms with E-state index in [0.29, 0.717) is 10.9 Å². The average molecular weight is 302 g/mol. The highest BCUT2D eigenvalue weighted by Gasteiger charge is 2.22. The number of halogens is 1. The molecule has 3 heteroatoms. The van der Waals surface area contributed by atoms with Crippen LogP contribution < -0.4 is 10.1 Å². The summed E-state index contributed by atoms with van der Waals surface area (Å²) >= 11 is 6.21. The SMILES string of the molecule is CC(C)Cc1ccc(C2CNc3cccc(Cl)c3O2)cc1. The van der Waals surface area contributed by atoms with Crippen molar-refractivity contribution >= 4 is 17.3 Å². The Bertz CT molecular complexity index is 622. The van der Waals surface area contributed by atoms with Gasteiger partial charge >= 0.3 is 0 Å². The third-order valence-electron chi connectivity index (χ3n) is 3.70. The monoisotopic (exact) mass is 301 g/mol. The third-order valence-corrected chi connectivity index (χ3v) is 4.00. The fraction of sp³-hybridized carbons (Fsp3) is 0.333. The van der Waals surface area contributed by atoms with E-state index in [1.807, 2.05) is 18.2 Å². The normalized spacial score (nSPS) is 17.0. The second-order valence-corrected chi connectivity index (χ2v) is 6.35. The van der Waals surface area contributed by atoms with Gasteiger partial charge in [0.15, 0.2) is 5.75 Å². The van der Waals surface area contributed by atoms with Crippen LogP contribution in [0.15, 0.2) is 42.5 Å². The number of hydrogen-bond donors (Lipinski definition) is 1. The zero-order chi connectivity index (χ0) is 14.8. The van der Waals surface area contributed by atoms with E-state index in [9.17, 15) is 0 Å². The van der Waals surface area contributed by atoms with Crippen LogP contribution in [0.3, 0.4) is 0 Å². The van der Waals surface area contributed by atoms with Gasteiger partial charge in [0.25, 0.3) is 0 Å². The number of benzene rings is 2. The molecule has 0 aromatic heterocycles. The first-order valence-corrected chi connectivity index (χ1v) is 7.79. The van der Waals surface area contributed by atoms with Crippen molar-refractivity contribution in [3.05, 3.63) is 58.6 Å². The molecule has 2 nitrogen and oxygen atoms in total. The summed E-state index contributed by atoms with van der Waals surface area (Å²) in [6.45, 7) is 5.24. The molecule has 3 rings (SSSR count). The molecule has 1 unspecified atom stereocenters. The Morgan fingerprint density at radius 1 is 1.19 bits per heavy atom. The van der Waals surface area contributed by atoms with Crippen molar-refractivity contribution in [3.8, 4) is 5.75 Å². The molecule has 0 fully saturated rings. The van der Waals surface area contributed by atoms with Crippen LogP contribution in [0, 0.1) is 5.92 Å². The van der Waals surface area contributed by atoms with E-state index in [4.69, 9.17) is 16.3 Å². The van der Waals surface area contributed by atoms with Crippen LogP contribution in [0.5, 0.6) is 5.75 Å².